The van der Waals surface area contributed by atoms with Crippen LogP contribution >= 0.6 is 0 Å². The number of ether oxygens (including phenoxy) is 2. The SMILES string of the molecule is CC(C)(C)OC(=O)N1CCC(Nc2nccc(OC3CCCC3)n2)C1. The van der Waals surface area contributed by atoms with Crippen LogP contribution in [0.5, 0.6) is 5.88 Å². The second-order valence-corrected chi connectivity index (χ2v) is 7.80. The van der Waals surface area contributed by atoms with E-state index in [1.807, 2.05) is 20.8 Å². The monoisotopic (exact) mass is 348 g/mol. The number of nitrogens with zero attached hydrogens (tertiary/aromatic N) is 3. The van der Waals surface area contributed by atoms with Gasteiger partial charge in [0, 0.05) is 31.4 Å². The molecule has 2 aliphatic rings. The Morgan fingerprint density at radius 2 is 2.04 bits per heavy atom. The first-order chi connectivity index (χ1) is 11.9. The van der Waals surface area contributed by atoms with Crippen LogP contribution in [0.1, 0.15) is 52.9 Å². The molecule has 1 aromatic rings. The maximum atomic E-state index is 12.1. The lowest BCUT2D eigenvalue weighted by atomic mass is 10.2. The Bertz CT molecular complexity index is 596. The van der Waals surface area contributed by atoms with Crippen molar-refractivity contribution in [2.75, 3.05) is 18.4 Å². The van der Waals surface area contributed by atoms with Gasteiger partial charge in [0.05, 0.1) is 0 Å². The van der Waals surface area contributed by atoms with E-state index in [9.17, 15) is 4.79 Å². The Labute approximate surface area is 149 Å². The molecule has 25 heavy (non-hydrogen) atoms. The van der Waals surface area contributed by atoms with Gasteiger partial charge >= 0.3 is 6.09 Å². The largest absolute Gasteiger partial charge is 0.474 e. The lowest BCUT2D eigenvalue weighted by Gasteiger charge is -2.24. The average molecular weight is 348 g/mol. The third kappa shape index (κ3) is 5.21. The van der Waals surface area contributed by atoms with Crippen LogP contribution in [0, 0.1) is 0 Å². The zero-order chi connectivity index (χ0) is 17.9. The standard InChI is InChI=1S/C18H28N4O3/c1-18(2,3)25-17(23)22-11-9-13(12-22)20-16-19-10-8-15(21-16)24-14-6-4-5-7-14/h8,10,13-14H,4-7,9,11-12H2,1-3H3,(H,19,20,21). The van der Waals surface area contributed by atoms with Gasteiger partial charge < -0.3 is 19.7 Å². The first kappa shape index (κ1) is 17.8. The van der Waals surface area contributed by atoms with Crippen LogP contribution in [0.25, 0.3) is 0 Å². The van der Waals surface area contributed by atoms with Crippen LogP contribution in [-0.4, -0.2) is 51.8 Å². The molecule has 1 atom stereocenters. The molecular weight excluding hydrogens is 320 g/mol. The smallest absolute Gasteiger partial charge is 0.410 e. The molecule has 1 saturated heterocycles. The van der Waals surface area contributed by atoms with E-state index in [0.717, 1.165) is 19.3 Å². The summed E-state index contributed by atoms with van der Waals surface area (Å²) in [5.74, 6) is 1.16. The van der Waals surface area contributed by atoms with Gasteiger partial charge in [-0.2, -0.15) is 4.98 Å². The van der Waals surface area contributed by atoms with Gasteiger partial charge in [0.2, 0.25) is 11.8 Å². The van der Waals surface area contributed by atoms with Crippen molar-refractivity contribution in [2.45, 2.75) is 70.6 Å². The number of likely N-dealkylation sites (tertiary alicyclic amines) is 1. The topological polar surface area (TPSA) is 76.6 Å². The van der Waals surface area contributed by atoms with Crippen LogP contribution in [0.2, 0.25) is 0 Å². The first-order valence-corrected chi connectivity index (χ1v) is 9.13. The van der Waals surface area contributed by atoms with Crippen molar-refractivity contribution in [3.05, 3.63) is 12.3 Å². The van der Waals surface area contributed by atoms with E-state index < -0.39 is 5.60 Å². The molecule has 138 valence electrons. The number of anilines is 1. The van der Waals surface area contributed by atoms with Crippen molar-refractivity contribution in [1.29, 1.82) is 0 Å². The second-order valence-electron chi connectivity index (χ2n) is 7.80. The fourth-order valence-electron chi connectivity index (χ4n) is 3.21. The highest BCUT2D eigenvalue weighted by molar-refractivity contribution is 5.68. The van der Waals surface area contributed by atoms with E-state index in [2.05, 4.69) is 15.3 Å². The van der Waals surface area contributed by atoms with Crippen LogP contribution < -0.4 is 10.1 Å². The van der Waals surface area contributed by atoms with Gasteiger partial charge in [-0.1, -0.05) is 0 Å². The van der Waals surface area contributed by atoms with Gasteiger partial charge in [0.15, 0.2) is 0 Å². The van der Waals surface area contributed by atoms with Crippen LogP contribution in [0.15, 0.2) is 12.3 Å². The summed E-state index contributed by atoms with van der Waals surface area (Å²) in [6.45, 7) is 6.89. The van der Waals surface area contributed by atoms with Crippen LogP contribution in [0.3, 0.4) is 0 Å². The lowest BCUT2D eigenvalue weighted by molar-refractivity contribution is 0.0293. The Kier molecular flexibility index (Phi) is 5.30. The fourth-order valence-corrected chi connectivity index (χ4v) is 3.21. The number of carbonyl (C=O) groups is 1. The molecule has 3 rings (SSSR count). The van der Waals surface area contributed by atoms with E-state index in [0.29, 0.717) is 24.9 Å². The summed E-state index contributed by atoms with van der Waals surface area (Å²) in [5.41, 5.74) is -0.475. The minimum Gasteiger partial charge on any atom is -0.474 e. The molecule has 0 radical (unpaired) electrons. The highest BCUT2D eigenvalue weighted by atomic mass is 16.6. The van der Waals surface area contributed by atoms with Gasteiger partial charge in [0.25, 0.3) is 0 Å². The highest BCUT2D eigenvalue weighted by Crippen LogP contribution is 2.23. The summed E-state index contributed by atoms with van der Waals surface area (Å²) < 4.78 is 11.3. The zero-order valence-electron chi connectivity index (χ0n) is 15.3. The van der Waals surface area contributed by atoms with Gasteiger partial charge in [-0.3, -0.25) is 0 Å². The molecule has 0 aromatic carbocycles. The average Bonchev–Trinajstić information content (AvgIpc) is 3.18. The molecule has 1 unspecified atom stereocenters. The van der Waals surface area contributed by atoms with Crippen molar-refractivity contribution < 1.29 is 14.3 Å². The normalized spacial score (nSPS) is 21.4. The number of carbonyl (C=O) groups excluding carboxylic acids is 1. The third-order valence-electron chi connectivity index (χ3n) is 4.39. The zero-order valence-corrected chi connectivity index (χ0v) is 15.3. The maximum Gasteiger partial charge on any atom is 0.410 e. The van der Waals surface area contributed by atoms with Gasteiger partial charge in [0.1, 0.15) is 11.7 Å². The third-order valence-corrected chi connectivity index (χ3v) is 4.39. The van der Waals surface area contributed by atoms with Crippen molar-refractivity contribution in [3.63, 3.8) is 0 Å². The van der Waals surface area contributed by atoms with Gasteiger partial charge in [-0.05, 0) is 52.9 Å². The molecule has 2 heterocycles. The summed E-state index contributed by atoms with van der Waals surface area (Å²) in [6.07, 6.45) is 7.21. The Hall–Kier alpha value is -2.05. The quantitative estimate of drug-likeness (QED) is 0.900. The minimum atomic E-state index is -0.475. The van der Waals surface area contributed by atoms with E-state index in [4.69, 9.17) is 9.47 Å². The molecule has 7 heteroatoms. The highest BCUT2D eigenvalue weighted by Gasteiger charge is 2.30. The molecule has 1 N–H and O–H groups in total. The minimum absolute atomic E-state index is 0.120. The molecule has 0 bridgehead atoms. The number of nitrogens with one attached hydrogen (secondary N) is 1. The molecular formula is C18H28N4O3. The fraction of sp³-hybridized carbons (Fsp3) is 0.722. The van der Waals surface area contributed by atoms with Crippen LogP contribution in [0.4, 0.5) is 10.7 Å². The number of rotatable bonds is 4. The Morgan fingerprint density at radius 1 is 1.28 bits per heavy atom. The van der Waals surface area contributed by atoms with Crippen molar-refractivity contribution in [2.24, 2.45) is 0 Å². The number of hydrogen-bond acceptors (Lipinski definition) is 6. The lowest BCUT2D eigenvalue weighted by Crippen LogP contribution is -2.36. The van der Waals surface area contributed by atoms with Crippen LogP contribution in [-0.2, 0) is 4.74 Å². The molecule has 1 aliphatic heterocycles. The molecule has 0 spiro atoms. The summed E-state index contributed by atoms with van der Waals surface area (Å²) in [6, 6.07) is 1.92. The number of aromatic nitrogens is 2. The molecule has 1 aromatic heterocycles. The van der Waals surface area contributed by atoms with E-state index in [1.54, 1.807) is 17.2 Å². The summed E-state index contributed by atoms with van der Waals surface area (Å²) in [4.78, 5) is 22.6. The first-order valence-electron chi connectivity index (χ1n) is 9.13. The number of amides is 1. The molecule has 1 amide bonds. The van der Waals surface area contributed by atoms with Gasteiger partial charge in [-0.25, -0.2) is 9.78 Å². The molecule has 1 aliphatic carbocycles. The maximum absolute atomic E-state index is 12.1. The predicted octanol–water partition coefficient (Wildman–Crippen LogP) is 3.22. The predicted molar refractivity (Wildman–Crippen MR) is 94.8 cm³/mol. The molecule has 2 fully saturated rings. The van der Waals surface area contributed by atoms with Gasteiger partial charge in [-0.15, -0.1) is 0 Å². The Balaban J connectivity index is 1.52. The number of hydrogen-bond donors (Lipinski definition) is 1. The summed E-state index contributed by atoms with van der Waals surface area (Å²) >= 11 is 0. The van der Waals surface area contributed by atoms with Crippen molar-refractivity contribution in [1.82, 2.24) is 14.9 Å². The molecule has 1 saturated carbocycles. The van der Waals surface area contributed by atoms with Crippen molar-refractivity contribution >= 4 is 12.0 Å². The Morgan fingerprint density at radius 3 is 2.76 bits per heavy atom. The van der Waals surface area contributed by atoms with Crippen molar-refractivity contribution in [3.8, 4) is 5.88 Å². The van der Waals surface area contributed by atoms with E-state index in [-0.39, 0.29) is 18.2 Å². The summed E-state index contributed by atoms with van der Waals surface area (Å²) in [5, 5.41) is 3.30. The second kappa shape index (κ2) is 7.45. The molecule has 7 nitrogen and oxygen atoms in total. The van der Waals surface area contributed by atoms with E-state index in [1.165, 1.54) is 12.8 Å². The summed E-state index contributed by atoms with van der Waals surface area (Å²) in [7, 11) is 0. The van der Waals surface area contributed by atoms with E-state index >= 15 is 0 Å².